The summed E-state index contributed by atoms with van der Waals surface area (Å²) in [6.45, 7) is 4.33. The third kappa shape index (κ3) is 4.75. The predicted octanol–water partition coefficient (Wildman–Crippen LogP) is 1.54. The smallest absolute Gasteiger partial charge is 0.201 e. The van der Waals surface area contributed by atoms with Crippen molar-refractivity contribution in [3.05, 3.63) is 46.8 Å². The normalized spacial score (nSPS) is 9.74. The van der Waals surface area contributed by atoms with E-state index in [2.05, 4.69) is 62.9 Å². The summed E-state index contributed by atoms with van der Waals surface area (Å²) in [6, 6.07) is 10.9. The zero-order valence-corrected chi connectivity index (χ0v) is 21.2. The minimum absolute atomic E-state index is 0. The second-order valence-electron chi connectivity index (χ2n) is 5.34. The Morgan fingerprint density at radius 2 is 1.83 bits per heavy atom. The van der Waals surface area contributed by atoms with Gasteiger partial charge < -0.3 is 24.0 Å². The van der Waals surface area contributed by atoms with Gasteiger partial charge in [-0.25, -0.2) is 9.56 Å². The van der Waals surface area contributed by atoms with Crippen LogP contribution in [0.1, 0.15) is 18.1 Å². The van der Waals surface area contributed by atoms with Crippen LogP contribution in [0.25, 0.3) is 20.8 Å². The highest BCUT2D eigenvalue weighted by Crippen LogP contribution is 2.32. The van der Waals surface area contributed by atoms with Crippen LogP contribution in [0.2, 0.25) is 0 Å². The van der Waals surface area contributed by atoms with Crippen LogP contribution in [0.4, 0.5) is 0 Å². The highest BCUT2D eigenvalue weighted by atomic mass is 127. The average Bonchev–Trinajstić information content (AvgIpc) is 2.44. The highest BCUT2D eigenvalue weighted by molar-refractivity contribution is 14.0. The maximum atomic E-state index is 4.94. The SMILES string of the molecule is CCc1cc(=[N+](C)C)cc2sc3cccc(C)c3nc1-2.I.I.[I-]. The Morgan fingerprint density at radius 3 is 2.43 bits per heavy atom. The number of fused-ring (bicyclic) bond motifs is 2. The third-order valence-electron chi connectivity index (χ3n) is 3.68. The zero-order chi connectivity index (χ0) is 14.3. The standard InChI is InChI=1S/C17H19N2S.3HI/c1-5-12-9-13(19(3)4)10-15-17(12)18-16-11(2)7-6-8-14(16)20-15;;;/h6-10H,5H2,1-4H3;3*1H/q+1;;;/p-1. The maximum Gasteiger partial charge on any atom is 0.201 e. The Kier molecular flexibility index (Phi) is 10.0. The molecule has 0 unspecified atom stereocenters. The average molecular weight is 666 g/mol. The Bertz CT molecular complexity index is 839. The van der Waals surface area contributed by atoms with Gasteiger partial charge in [0.05, 0.1) is 20.8 Å². The van der Waals surface area contributed by atoms with Crippen molar-refractivity contribution in [2.75, 3.05) is 14.1 Å². The van der Waals surface area contributed by atoms with Gasteiger partial charge >= 0.3 is 0 Å². The van der Waals surface area contributed by atoms with E-state index in [1.807, 2.05) is 11.3 Å². The van der Waals surface area contributed by atoms with E-state index in [1.54, 1.807) is 0 Å². The van der Waals surface area contributed by atoms with Gasteiger partial charge in [0.25, 0.3) is 0 Å². The second kappa shape index (κ2) is 9.81. The minimum Gasteiger partial charge on any atom is -1.00 e. The Labute approximate surface area is 192 Å². The largest absolute Gasteiger partial charge is 1.00 e. The molecule has 1 aliphatic heterocycles. The molecule has 0 spiro atoms. The van der Waals surface area contributed by atoms with E-state index < -0.39 is 0 Å². The van der Waals surface area contributed by atoms with Crippen LogP contribution >= 0.6 is 59.3 Å². The van der Waals surface area contributed by atoms with E-state index in [0.717, 1.165) is 17.6 Å². The molecule has 0 fully saturated rings. The van der Waals surface area contributed by atoms with Crippen LogP contribution in [0.3, 0.4) is 0 Å². The predicted molar refractivity (Wildman–Crippen MR) is 118 cm³/mol. The van der Waals surface area contributed by atoms with Crippen molar-refractivity contribution >= 4 is 69.5 Å². The first-order valence-electron chi connectivity index (χ1n) is 6.93. The summed E-state index contributed by atoms with van der Waals surface area (Å²) in [5, 5.41) is 1.25. The Hall–Kier alpha value is 0.450. The molecule has 126 valence electrons. The fourth-order valence-electron chi connectivity index (χ4n) is 2.47. The first-order valence-corrected chi connectivity index (χ1v) is 7.75. The molecule has 0 N–H and O–H groups in total. The quantitative estimate of drug-likeness (QED) is 0.219. The van der Waals surface area contributed by atoms with Gasteiger partial charge in [0.2, 0.25) is 5.36 Å². The summed E-state index contributed by atoms with van der Waals surface area (Å²) < 4.78 is 3.42. The van der Waals surface area contributed by atoms with Crippen molar-refractivity contribution in [2.24, 2.45) is 0 Å². The number of para-hydroxylation sites is 1. The monoisotopic (exact) mass is 666 g/mol. The summed E-state index contributed by atoms with van der Waals surface area (Å²) in [5.74, 6) is 0. The van der Waals surface area contributed by atoms with Crippen LogP contribution in [-0.4, -0.2) is 19.1 Å². The molecule has 0 bridgehead atoms. The molecule has 3 rings (SSSR count). The van der Waals surface area contributed by atoms with Crippen molar-refractivity contribution in [3.8, 4) is 10.6 Å². The molecule has 23 heavy (non-hydrogen) atoms. The molecular weight excluding hydrogens is 645 g/mol. The summed E-state index contributed by atoms with van der Waals surface area (Å²) >= 11 is 1.84. The molecule has 0 aromatic heterocycles. The lowest BCUT2D eigenvalue weighted by Crippen LogP contribution is -3.00. The molecule has 0 amide bonds. The Balaban J connectivity index is 0.00000161. The van der Waals surface area contributed by atoms with Gasteiger partial charge in [-0.05, 0) is 30.5 Å². The van der Waals surface area contributed by atoms with E-state index in [9.17, 15) is 0 Å². The van der Waals surface area contributed by atoms with E-state index >= 15 is 0 Å². The van der Waals surface area contributed by atoms with Crippen molar-refractivity contribution in [3.63, 3.8) is 0 Å². The summed E-state index contributed by atoms with van der Waals surface area (Å²) in [6.07, 6.45) is 1.01. The molecule has 6 heteroatoms. The van der Waals surface area contributed by atoms with Crippen LogP contribution in [0, 0.1) is 6.92 Å². The van der Waals surface area contributed by atoms with Crippen LogP contribution in [-0.2, 0) is 6.42 Å². The molecule has 0 atom stereocenters. The molecule has 1 heterocycles. The van der Waals surface area contributed by atoms with Gasteiger partial charge in [-0.15, -0.1) is 59.3 Å². The lowest BCUT2D eigenvalue weighted by Gasteiger charge is -2.11. The lowest BCUT2D eigenvalue weighted by atomic mass is 10.1. The molecule has 0 radical (unpaired) electrons. The minimum atomic E-state index is 0. The third-order valence-corrected chi connectivity index (χ3v) is 4.76. The van der Waals surface area contributed by atoms with Gasteiger partial charge in [0, 0.05) is 12.1 Å². The van der Waals surface area contributed by atoms with Gasteiger partial charge in [0.1, 0.15) is 14.1 Å². The van der Waals surface area contributed by atoms with Crippen molar-refractivity contribution in [1.29, 1.82) is 0 Å². The van der Waals surface area contributed by atoms with E-state index in [-0.39, 0.29) is 71.9 Å². The molecule has 1 aromatic carbocycles. The van der Waals surface area contributed by atoms with E-state index in [4.69, 9.17) is 4.98 Å². The van der Waals surface area contributed by atoms with Crippen molar-refractivity contribution in [1.82, 2.24) is 9.56 Å². The summed E-state index contributed by atoms with van der Waals surface area (Å²) in [4.78, 5) is 6.21. The van der Waals surface area contributed by atoms with Gasteiger partial charge in [-0.1, -0.05) is 19.1 Å². The summed E-state index contributed by atoms with van der Waals surface area (Å²) in [5.41, 5.74) is 4.87. The number of benzene rings is 2. The van der Waals surface area contributed by atoms with Crippen LogP contribution in [0.5, 0.6) is 0 Å². The molecule has 0 saturated heterocycles. The fraction of sp³-hybridized carbons (Fsp3) is 0.294. The van der Waals surface area contributed by atoms with E-state index in [1.165, 1.54) is 26.1 Å². The number of hydrogen-bond donors (Lipinski definition) is 0. The number of nitrogens with zero attached hydrogens (tertiary/aromatic N) is 2. The molecule has 0 saturated carbocycles. The molecule has 2 nitrogen and oxygen atoms in total. The second-order valence-corrected chi connectivity index (χ2v) is 6.42. The number of rotatable bonds is 1. The van der Waals surface area contributed by atoms with Crippen LogP contribution in [0.15, 0.2) is 30.3 Å². The molecular formula is C17H21I3N2S. The maximum absolute atomic E-state index is 4.94. The zero-order valence-electron chi connectivity index (χ0n) is 13.6. The number of hydrogen-bond acceptors (Lipinski definition) is 2. The van der Waals surface area contributed by atoms with Gasteiger partial charge in [-0.3, -0.25) is 0 Å². The first-order chi connectivity index (χ1) is 9.60. The van der Waals surface area contributed by atoms with E-state index in [0.29, 0.717) is 0 Å². The molecule has 1 aromatic rings. The summed E-state index contributed by atoms with van der Waals surface area (Å²) in [7, 11) is 4.17. The highest BCUT2D eigenvalue weighted by Gasteiger charge is 2.14. The van der Waals surface area contributed by atoms with Crippen molar-refractivity contribution in [2.45, 2.75) is 20.3 Å². The number of halogens is 3. The number of aryl methyl sites for hydroxylation is 2. The first kappa shape index (κ1) is 23.4. The Morgan fingerprint density at radius 1 is 1.13 bits per heavy atom. The topological polar surface area (TPSA) is 15.9 Å². The molecule has 2 aliphatic rings. The number of aromatic nitrogens is 1. The van der Waals surface area contributed by atoms with Crippen LogP contribution < -0.4 is 33.9 Å². The van der Waals surface area contributed by atoms with Gasteiger partial charge in [0.15, 0.2) is 0 Å². The fourth-order valence-corrected chi connectivity index (χ4v) is 3.61. The van der Waals surface area contributed by atoms with Gasteiger partial charge in [-0.2, -0.15) is 0 Å². The molecule has 1 aliphatic carbocycles. The lowest BCUT2D eigenvalue weighted by molar-refractivity contribution is -0.00000429. The van der Waals surface area contributed by atoms with Crippen molar-refractivity contribution < 1.29 is 24.0 Å².